The molecule has 31 heavy (non-hydrogen) atoms. The molecule has 2 heterocycles. The molecule has 0 saturated carbocycles. The quantitative estimate of drug-likeness (QED) is 0.699. The molecule has 0 aromatic heterocycles. The van der Waals surface area contributed by atoms with Crippen molar-refractivity contribution in [2.45, 2.75) is 25.1 Å². The minimum absolute atomic E-state index is 0.285. The smallest absolute Gasteiger partial charge is 0.385 e. The van der Waals surface area contributed by atoms with Crippen LogP contribution in [0.1, 0.15) is 24.0 Å². The molecule has 2 aliphatic heterocycles. The van der Waals surface area contributed by atoms with Crippen molar-refractivity contribution >= 4 is 22.9 Å². The molecule has 0 radical (unpaired) electrons. The Bertz CT molecular complexity index is 960. The predicted octanol–water partition coefficient (Wildman–Crippen LogP) is 4.88. The highest BCUT2D eigenvalue weighted by Gasteiger charge is 2.34. The zero-order chi connectivity index (χ0) is 22.0. The van der Waals surface area contributed by atoms with Crippen molar-refractivity contribution in [3.8, 4) is 0 Å². The van der Waals surface area contributed by atoms with Gasteiger partial charge in [-0.2, -0.15) is 13.2 Å². The number of methoxy groups -OCH3 is 1. The average Bonchev–Trinajstić information content (AvgIpc) is 2.91. The number of nitrogens with zero attached hydrogens (tertiary/aromatic N) is 3. The molecule has 2 aliphatic rings. The number of fused-ring (bicyclic) bond motifs is 2. The van der Waals surface area contributed by atoms with Crippen molar-refractivity contribution in [2.75, 3.05) is 45.7 Å². The molecule has 0 spiro atoms. The van der Waals surface area contributed by atoms with E-state index in [-0.39, 0.29) is 6.04 Å². The van der Waals surface area contributed by atoms with Crippen molar-refractivity contribution in [1.29, 1.82) is 0 Å². The maximum Gasteiger partial charge on any atom is 0.416 e. The number of para-hydroxylation sites is 2. The molecule has 1 unspecified atom stereocenters. The Labute approximate surface area is 180 Å². The van der Waals surface area contributed by atoms with Gasteiger partial charge in [0.05, 0.1) is 16.9 Å². The SMILES string of the molecule is COCCCC1CN(C2=Nc3ccccc3Nc3ccc(C(F)(F)F)cc32)CCN1C. The van der Waals surface area contributed by atoms with Crippen LogP contribution in [0.5, 0.6) is 0 Å². The number of piperazine rings is 1. The van der Waals surface area contributed by atoms with E-state index in [0.717, 1.165) is 36.8 Å². The van der Waals surface area contributed by atoms with Gasteiger partial charge < -0.3 is 15.0 Å². The summed E-state index contributed by atoms with van der Waals surface area (Å²) in [6.45, 7) is 2.92. The van der Waals surface area contributed by atoms with Gasteiger partial charge in [-0.3, -0.25) is 4.90 Å². The van der Waals surface area contributed by atoms with E-state index in [0.29, 0.717) is 36.8 Å². The third-order valence-corrected chi connectivity index (χ3v) is 5.95. The molecule has 1 saturated heterocycles. The molecule has 0 amide bonds. The van der Waals surface area contributed by atoms with Crippen molar-refractivity contribution in [1.82, 2.24) is 9.80 Å². The Balaban J connectivity index is 1.73. The number of anilines is 2. The molecule has 4 rings (SSSR count). The van der Waals surface area contributed by atoms with E-state index in [1.54, 1.807) is 7.11 Å². The normalized spacial score (nSPS) is 19.2. The second-order valence-corrected chi connectivity index (χ2v) is 8.05. The van der Waals surface area contributed by atoms with E-state index < -0.39 is 11.7 Å². The summed E-state index contributed by atoms with van der Waals surface area (Å²) in [5.74, 6) is 0.586. The van der Waals surface area contributed by atoms with Crippen molar-refractivity contribution in [2.24, 2.45) is 4.99 Å². The van der Waals surface area contributed by atoms with Gasteiger partial charge in [0, 0.05) is 50.6 Å². The van der Waals surface area contributed by atoms with Crippen molar-refractivity contribution in [3.63, 3.8) is 0 Å². The number of halogens is 3. The minimum Gasteiger partial charge on any atom is -0.385 e. The first kappa shape index (κ1) is 21.6. The number of aliphatic imine (C=N–C) groups is 1. The van der Waals surface area contributed by atoms with Crippen molar-refractivity contribution < 1.29 is 17.9 Å². The lowest BCUT2D eigenvalue weighted by Gasteiger charge is -2.41. The number of hydrogen-bond acceptors (Lipinski definition) is 5. The van der Waals surface area contributed by atoms with Crippen LogP contribution in [-0.4, -0.2) is 62.1 Å². The summed E-state index contributed by atoms with van der Waals surface area (Å²) in [5, 5.41) is 3.28. The Morgan fingerprint density at radius 3 is 2.71 bits per heavy atom. The molecule has 2 aromatic carbocycles. The Hall–Kier alpha value is -2.58. The maximum atomic E-state index is 13.5. The number of hydrogen-bond donors (Lipinski definition) is 1. The van der Waals surface area contributed by atoms with Crippen LogP contribution in [0.3, 0.4) is 0 Å². The molecule has 1 fully saturated rings. The van der Waals surface area contributed by atoms with Gasteiger partial charge in [-0.15, -0.1) is 0 Å². The fraction of sp³-hybridized carbons (Fsp3) is 0.435. The summed E-state index contributed by atoms with van der Waals surface area (Å²) in [4.78, 5) is 9.29. The largest absolute Gasteiger partial charge is 0.416 e. The highest BCUT2D eigenvalue weighted by Crippen LogP contribution is 2.38. The fourth-order valence-electron chi connectivity index (χ4n) is 4.17. The number of nitrogens with one attached hydrogen (secondary N) is 1. The van der Waals surface area contributed by atoms with Crippen LogP contribution in [-0.2, 0) is 10.9 Å². The molecular weight excluding hydrogens is 405 g/mol. The van der Waals surface area contributed by atoms with Crippen LogP contribution in [0, 0.1) is 0 Å². The third-order valence-electron chi connectivity index (χ3n) is 5.95. The van der Waals surface area contributed by atoms with Gasteiger partial charge in [-0.05, 0) is 50.2 Å². The Morgan fingerprint density at radius 1 is 1.13 bits per heavy atom. The standard InChI is InChI=1S/C23H27F3N4O/c1-29-11-12-30(15-17(29)6-5-13-31-2)22-18-14-16(23(24,25)26)9-10-19(18)27-20-7-3-4-8-21(20)28-22/h3-4,7-10,14,17,27H,5-6,11-13,15H2,1-2H3. The topological polar surface area (TPSA) is 40.1 Å². The van der Waals surface area contributed by atoms with Crippen LogP contribution in [0.2, 0.25) is 0 Å². The molecular formula is C23H27F3N4O. The zero-order valence-electron chi connectivity index (χ0n) is 17.7. The highest BCUT2D eigenvalue weighted by molar-refractivity contribution is 6.08. The average molecular weight is 432 g/mol. The van der Waals surface area contributed by atoms with Gasteiger partial charge in [-0.1, -0.05) is 12.1 Å². The molecule has 0 aliphatic carbocycles. The van der Waals surface area contributed by atoms with Crippen LogP contribution in [0.25, 0.3) is 0 Å². The Kier molecular flexibility index (Phi) is 6.20. The van der Waals surface area contributed by atoms with E-state index in [2.05, 4.69) is 22.2 Å². The first-order valence-corrected chi connectivity index (χ1v) is 10.5. The second-order valence-electron chi connectivity index (χ2n) is 8.05. The molecule has 0 bridgehead atoms. The van der Waals surface area contributed by atoms with E-state index in [1.807, 2.05) is 24.3 Å². The first-order valence-electron chi connectivity index (χ1n) is 10.5. The van der Waals surface area contributed by atoms with Crippen LogP contribution >= 0.6 is 0 Å². The summed E-state index contributed by atoms with van der Waals surface area (Å²) in [6.07, 6.45) is -2.52. The van der Waals surface area contributed by atoms with Gasteiger partial charge in [-0.25, -0.2) is 4.99 Å². The lowest BCUT2D eigenvalue weighted by molar-refractivity contribution is -0.137. The number of amidine groups is 1. The number of rotatable bonds is 4. The lowest BCUT2D eigenvalue weighted by atomic mass is 10.0. The van der Waals surface area contributed by atoms with Gasteiger partial charge in [0.1, 0.15) is 5.84 Å². The van der Waals surface area contributed by atoms with Gasteiger partial charge in [0.25, 0.3) is 0 Å². The molecule has 1 atom stereocenters. The summed E-state index contributed by atoms with van der Waals surface area (Å²) in [7, 11) is 3.78. The van der Waals surface area contributed by atoms with E-state index in [1.165, 1.54) is 12.1 Å². The highest BCUT2D eigenvalue weighted by atomic mass is 19.4. The number of likely N-dealkylation sites (N-methyl/N-ethyl adjacent to an activating group) is 1. The summed E-state index contributed by atoms with van der Waals surface area (Å²) >= 11 is 0. The van der Waals surface area contributed by atoms with E-state index >= 15 is 0 Å². The van der Waals surface area contributed by atoms with Gasteiger partial charge in [0.15, 0.2) is 0 Å². The molecule has 166 valence electrons. The summed E-state index contributed by atoms with van der Waals surface area (Å²) in [6, 6.07) is 11.7. The molecule has 2 aromatic rings. The van der Waals surface area contributed by atoms with E-state index in [4.69, 9.17) is 9.73 Å². The first-order chi connectivity index (χ1) is 14.9. The number of alkyl halides is 3. The monoisotopic (exact) mass is 432 g/mol. The molecule has 1 N–H and O–H groups in total. The minimum atomic E-state index is -4.41. The predicted molar refractivity (Wildman–Crippen MR) is 116 cm³/mol. The van der Waals surface area contributed by atoms with E-state index in [9.17, 15) is 13.2 Å². The second kappa shape index (κ2) is 8.88. The zero-order valence-corrected chi connectivity index (χ0v) is 17.7. The van der Waals surface area contributed by atoms with Gasteiger partial charge >= 0.3 is 6.18 Å². The van der Waals surface area contributed by atoms with Gasteiger partial charge in [0.2, 0.25) is 0 Å². The van der Waals surface area contributed by atoms with Crippen LogP contribution < -0.4 is 5.32 Å². The maximum absolute atomic E-state index is 13.5. The lowest BCUT2D eigenvalue weighted by Crippen LogP contribution is -2.53. The molecule has 5 nitrogen and oxygen atoms in total. The fourth-order valence-corrected chi connectivity index (χ4v) is 4.17. The summed E-state index contributed by atoms with van der Waals surface area (Å²) in [5.41, 5.74) is 1.94. The molecule has 8 heteroatoms. The van der Waals surface area contributed by atoms with Crippen molar-refractivity contribution in [3.05, 3.63) is 53.6 Å². The van der Waals surface area contributed by atoms with Crippen LogP contribution in [0.4, 0.5) is 30.2 Å². The number of ether oxygens (including phenoxy) is 1. The van der Waals surface area contributed by atoms with Crippen LogP contribution in [0.15, 0.2) is 47.5 Å². The summed E-state index contributed by atoms with van der Waals surface area (Å²) < 4.78 is 45.6. The number of benzene rings is 2. The third kappa shape index (κ3) is 4.70. The Morgan fingerprint density at radius 2 is 1.94 bits per heavy atom.